The van der Waals surface area contributed by atoms with E-state index in [-0.39, 0.29) is 24.1 Å². The van der Waals surface area contributed by atoms with Crippen molar-refractivity contribution in [2.75, 3.05) is 20.2 Å². The fourth-order valence-electron chi connectivity index (χ4n) is 2.33. The summed E-state index contributed by atoms with van der Waals surface area (Å²) in [6, 6.07) is 4.19. The number of halogens is 4. The van der Waals surface area contributed by atoms with E-state index in [9.17, 15) is 13.2 Å². The van der Waals surface area contributed by atoms with E-state index in [0.717, 1.165) is 37.6 Å². The normalized spacial score (nSPS) is 19.7. The molecule has 2 nitrogen and oxygen atoms in total. The Morgan fingerprint density at radius 2 is 2.05 bits per heavy atom. The summed E-state index contributed by atoms with van der Waals surface area (Å²) in [6.07, 6.45) is -2.32. The van der Waals surface area contributed by atoms with E-state index in [1.807, 2.05) is 0 Å². The number of benzene rings is 1. The maximum Gasteiger partial charge on any atom is 0.419 e. The summed E-state index contributed by atoms with van der Waals surface area (Å²) in [5.74, 6) is 0.181. The maximum atomic E-state index is 12.7. The molecule has 2 rings (SSSR count). The molecule has 0 spiro atoms. The quantitative estimate of drug-likeness (QED) is 0.900. The minimum atomic E-state index is -4.37. The molecule has 0 bridgehead atoms. The number of methoxy groups -OCH3 is 1. The second kappa shape index (κ2) is 6.48. The summed E-state index contributed by atoms with van der Waals surface area (Å²) in [7, 11) is 1.27. The zero-order valence-corrected chi connectivity index (χ0v) is 11.4. The lowest BCUT2D eigenvalue weighted by atomic mass is 9.91. The molecule has 1 heterocycles. The van der Waals surface area contributed by atoms with Crippen LogP contribution in [-0.4, -0.2) is 20.2 Å². The molecule has 0 unspecified atom stereocenters. The SMILES string of the molecule is COc1cc([C@@H]2CCCNC2)ccc1C(F)(F)F.Cl. The standard InChI is InChI=1S/C13H16F3NO.ClH/c1-18-12-7-9(10-3-2-6-17-8-10)4-5-11(12)13(14,15)16;/h4-5,7,10,17H,2-3,6,8H2,1H3;1H/t10-;/m1./s1. The van der Waals surface area contributed by atoms with Gasteiger partial charge in [0.05, 0.1) is 12.7 Å². The predicted molar refractivity (Wildman–Crippen MR) is 70.1 cm³/mol. The number of nitrogens with one attached hydrogen (secondary N) is 1. The van der Waals surface area contributed by atoms with Crippen molar-refractivity contribution in [3.63, 3.8) is 0 Å². The van der Waals surface area contributed by atoms with Crippen LogP contribution >= 0.6 is 12.4 Å². The summed E-state index contributed by atoms with van der Waals surface area (Å²) in [4.78, 5) is 0. The van der Waals surface area contributed by atoms with Crippen LogP contribution in [0, 0.1) is 0 Å². The molecule has 19 heavy (non-hydrogen) atoms. The second-order valence-corrected chi connectivity index (χ2v) is 4.50. The summed E-state index contributed by atoms with van der Waals surface area (Å²) in [6.45, 7) is 1.79. The van der Waals surface area contributed by atoms with Crippen molar-refractivity contribution >= 4 is 12.4 Å². The van der Waals surface area contributed by atoms with Gasteiger partial charge in [-0.25, -0.2) is 0 Å². The summed E-state index contributed by atoms with van der Waals surface area (Å²) < 4.78 is 43.0. The lowest BCUT2D eigenvalue weighted by Gasteiger charge is -2.24. The fraction of sp³-hybridized carbons (Fsp3) is 0.538. The molecule has 1 aromatic carbocycles. The van der Waals surface area contributed by atoms with Gasteiger partial charge in [0.1, 0.15) is 5.75 Å². The zero-order chi connectivity index (χ0) is 13.2. The number of ether oxygens (including phenoxy) is 1. The molecule has 0 saturated carbocycles. The Morgan fingerprint density at radius 1 is 1.32 bits per heavy atom. The predicted octanol–water partition coefficient (Wildman–Crippen LogP) is 3.60. The van der Waals surface area contributed by atoms with Crippen molar-refractivity contribution in [3.05, 3.63) is 29.3 Å². The largest absolute Gasteiger partial charge is 0.496 e. The van der Waals surface area contributed by atoms with Crippen LogP contribution in [0.3, 0.4) is 0 Å². The Balaban J connectivity index is 0.00000180. The number of piperidine rings is 1. The van der Waals surface area contributed by atoms with Gasteiger partial charge in [-0.2, -0.15) is 13.2 Å². The van der Waals surface area contributed by atoms with Crippen LogP contribution in [0.4, 0.5) is 13.2 Å². The highest BCUT2D eigenvalue weighted by Crippen LogP contribution is 2.38. The second-order valence-electron chi connectivity index (χ2n) is 4.50. The highest BCUT2D eigenvalue weighted by Gasteiger charge is 2.34. The van der Waals surface area contributed by atoms with Crippen molar-refractivity contribution in [2.24, 2.45) is 0 Å². The van der Waals surface area contributed by atoms with Crippen LogP contribution in [0.25, 0.3) is 0 Å². The first-order valence-corrected chi connectivity index (χ1v) is 5.98. The summed E-state index contributed by atoms with van der Waals surface area (Å²) in [5.41, 5.74) is 0.199. The first-order valence-electron chi connectivity index (χ1n) is 5.98. The van der Waals surface area contributed by atoms with Crippen molar-refractivity contribution < 1.29 is 17.9 Å². The molecule has 1 fully saturated rings. The molecule has 6 heteroatoms. The van der Waals surface area contributed by atoms with Crippen LogP contribution in [-0.2, 0) is 6.18 Å². The Bertz CT molecular complexity index is 417. The molecule has 0 aromatic heterocycles. The van der Waals surface area contributed by atoms with Crippen LogP contribution in [0.2, 0.25) is 0 Å². The molecule has 1 aromatic rings. The summed E-state index contributed by atoms with van der Waals surface area (Å²) >= 11 is 0. The average Bonchev–Trinajstić information content (AvgIpc) is 2.38. The maximum absolute atomic E-state index is 12.7. The van der Waals surface area contributed by atoms with E-state index in [0.29, 0.717) is 0 Å². The first-order chi connectivity index (χ1) is 8.52. The van der Waals surface area contributed by atoms with Gasteiger partial charge in [-0.3, -0.25) is 0 Å². The average molecular weight is 296 g/mol. The number of alkyl halides is 3. The lowest BCUT2D eigenvalue weighted by Crippen LogP contribution is -2.28. The van der Waals surface area contributed by atoms with Gasteiger partial charge in [-0.15, -0.1) is 12.4 Å². The Labute approximate surface area is 116 Å². The molecule has 1 aliphatic heterocycles. The Hall–Kier alpha value is -0.940. The molecular weight excluding hydrogens is 279 g/mol. The molecular formula is C13H17ClF3NO. The van der Waals surface area contributed by atoms with Crippen molar-refractivity contribution in [2.45, 2.75) is 24.9 Å². The lowest BCUT2D eigenvalue weighted by molar-refractivity contribution is -0.138. The molecule has 0 amide bonds. The molecule has 108 valence electrons. The minimum Gasteiger partial charge on any atom is -0.496 e. The van der Waals surface area contributed by atoms with Crippen molar-refractivity contribution in [1.82, 2.24) is 5.32 Å². The summed E-state index contributed by atoms with van der Waals surface area (Å²) in [5, 5.41) is 3.25. The van der Waals surface area contributed by atoms with E-state index in [2.05, 4.69) is 5.32 Å². The highest BCUT2D eigenvalue weighted by atomic mass is 35.5. The third kappa shape index (κ3) is 3.76. The van der Waals surface area contributed by atoms with E-state index >= 15 is 0 Å². The van der Waals surface area contributed by atoms with Crippen LogP contribution in [0.1, 0.15) is 29.9 Å². The van der Waals surface area contributed by atoms with Gasteiger partial charge in [-0.05, 0) is 43.0 Å². The van der Waals surface area contributed by atoms with Crippen molar-refractivity contribution in [1.29, 1.82) is 0 Å². The topological polar surface area (TPSA) is 21.3 Å². The highest BCUT2D eigenvalue weighted by molar-refractivity contribution is 5.85. The van der Waals surface area contributed by atoms with Gasteiger partial charge in [0.2, 0.25) is 0 Å². The Morgan fingerprint density at radius 3 is 2.58 bits per heavy atom. The van der Waals surface area contributed by atoms with E-state index in [1.54, 1.807) is 6.07 Å². The zero-order valence-electron chi connectivity index (χ0n) is 10.6. The van der Waals surface area contributed by atoms with Gasteiger partial charge in [-0.1, -0.05) is 6.07 Å². The third-order valence-corrected chi connectivity index (χ3v) is 3.30. The molecule has 1 aliphatic rings. The van der Waals surface area contributed by atoms with Crippen LogP contribution in [0.5, 0.6) is 5.75 Å². The van der Waals surface area contributed by atoms with Crippen LogP contribution in [0.15, 0.2) is 18.2 Å². The van der Waals surface area contributed by atoms with Crippen LogP contribution < -0.4 is 10.1 Å². The van der Waals surface area contributed by atoms with Gasteiger partial charge in [0.25, 0.3) is 0 Å². The van der Waals surface area contributed by atoms with E-state index < -0.39 is 11.7 Å². The van der Waals surface area contributed by atoms with Gasteiger partial charge >= 0.3 is 6.18 Å². The molecule has 1 saturated heterocycles. The fourth-order valence-corrected chi connectivity index (χ4v) is 2.33. The molecule has 0 aliphatic carbocycles. The van der Waals surface area contributed by atoms with E-state index in [4.69, 9.17) is 4.74 Å². The first kappa shape index (κ1) is 16.1. The molecule has 1 N–H and O–H groups in total. The van der Waals surface area contributed by atoms with E-state index in [1.165, 1.54) is 13.2 Å². The number of rotatable bonds is 2. The van der Waals surface area contributed by atoms with Gasteiger partial charge in [0.15, 0.2) is 0 Å². The monoisotopic (exact) mass is 295 g/mol. The van der Waals surface area contributed by atoms with Gasteiger partial charge in [0, 0.05) is 6.54 Å². The smallest absolute Gasteiger partial charge is 0.419 e. The Kier molecular flexibility index (Phi) is 5.50. The minimum absolute atomic E-state index is 0. The van der Waals surface area contributed by atoms with Gasteiger partial charge < -0.3 is 10.1 Å². The molecule has 1 atom stereocenters. The third-order valence-electron chi connectivity index (χ3n) is 3.30. The van der Waals surface area contributed by atoms with Crippen molar-refractivity contribution in [3.8, 4) is 5.75 Å². The number of hydrogen-bond acceptors (Lipinski definition) is 2. The number of hydrogen-bond donors (Lipinski definition) is 1. The molecule has 0 radical (unpaired) electrons.